The molecule has 2 fully saturated rings. The van der Waals surface area contributed by atoms with Gasteiger partial charge in [0.05, 0.1) is 22.0 Å². The van der Waals surface area contributed by atoms with Crippen LogP contribution >= 0.6 is 23.5 Å². The van der Waals surface area contributed by atoms with Crippen LogP contribution in [0.25, 0.3) is 0 Å². The van der Waals surface area contributed by atoms with Crippen molar-refractivity contribution in [1.82, 2.24) is 4.90 Å². The van der Waals surface area contributed by atoms with Gasteiger partial charge in [0.2, 0.25) is 5.91 Å². The molecule has 5 atom stereocenters. The van der Waals surface area contributed by atoms with Crippen molar-refractivity contribution in [3.05, 3.63) is 60.4 Å². The van der Waals surface area contributed by atoms with E-state index in [1.54, 1.807) is 6.92 Å². The molecule has 2 aliphatic heterocycles. The van der Waals surface area contributed by atoms with E-state index >= 15 is 0 Å². The van der Waals surface area contributed by atoms with Crippen molar-refractivity contribution >= 4 is 35.4 Å². The third-order valence-electron chi connectivity index (χ3n) is 5.07. The Morgan fingerprint density at radius 2 is 1.96 bits per heavy atom. The number of aliphatic carboxylic acids is 1. The average molecular weight is 418 g/mol. The Bertz CT molecular complexity index is 893. The number of amides is 1. The van der Waals surface area contributed by atoms with Crippen molar-refractivity contribution in [2.45, 2.75) is 40.5 Å². The normalized spacial score (nSPS) is 27.2. The molecular formula is C20H21N2O4S2+. The number of rotatable bonds is 6. The third-order valence-corrected chi connectivity index (χ3v) is 8.16. The Morgan fingerprint density at radius 3 is 2.64 bits per heavy atom. The van der Waals surface area contributed by atoms with Gasteiger partial charge in [-0.05, 0) is 13.0 Å². The lowest BCUT2D eigenvalue weighted by Gasteiger charge is -2.44. The van der Waals surface area contributed by atoms with Gasteiger partial charge in [-0.1, -0.05) is 24.3 Å². The standard InChI is InChI=1S/C20H20N2O4S2/c1-12(23)15-17(24)22-16(19(25)26)20(28-18(15)22)27-14-8-4-3-7-13(14)11-21-9-5-2-6-10-21/h2-10,12,15-16,18,20,23H,11H2,1H3/p+1/t12-,15+,16?,18-,20?/m1/s1. The van der Waals surface area contributed by atoms with Gasteiger partial charge >= 0.3 is 5.97 Å². The zero-order chi connectivity index (χ0) is 19.8. The number of β-lactam (4-membered cyclic amide) rings is 1. The maximum atomic E-state index is 12.4. The van der Waals surface area contributed by atoms with Crippen LogP contribution in [-0.2, 0) is 16.1 Å². The number of pyridine rings is 1. The lowest BCUT2D eigenvalue weighted by atomic mass is 9.91. The van der Waals surface area contributed by atoms with E-state index in [4.69, 9.17) is 0 Å². The molecule has 3 heterocycles. The third kappa shape index (κ3) is 3.40. The number of carboxylic acid groups (broad SMARTS) is 1. The summed E-state index contributed by atoms with van der Waals surface area (Å²) < 4.78 is 1.74. The maximum Gasteiger partial charge on any atom is 0.328 e. The molecule has 4 rings (SSSR count). The first-order chi connectivity index (χ1) is 13.5. The SMILES string of the molecule is C[C@@H](O)[C@H]1C(=O)N2C(C(=O)O)C(Sc3ccccc3C[n+]3ccccc3)S[C@H]12. The second kappa shape index (κ2) is 7.77. The van der Waals surface area contributed by atoms with E-state index in [0.29, 0.717) is 6.54 Å². The summed E-state index contributed by atoms with van der Waals surface area (Å²) in [6.07, 6.45) is 3.20. The van der Waals surface area contributed by atoms with E-state index < -0.39 is 24.0 Å². The van der Waals surface area contributed by atoms with Crippen molar-refractivity contribution in [2.75, 3.05) is 0 Å². The highest BCUT2D eigenvalue weighted by Crippen LogP contribution is 2.53. The Balaban J connectivity index is 1.57. The van der Waals surface area contributed by atoms with E-state index in [9.17, 15) is 19.8 Å². The first kappa shape index (κ1) is 19.3. The van der Waals surface area contributed by atoms with Gasteiger partial charge in [-0.15, -0.1) is 23.5 Å². The summed E-state index contributed by atoms with van der Waals surface area (Å²) in [6.45, 7) is 2.27. The predicted molar refractivity (Wildman–Crippen MR) is 107 cm³/mol. The second-order valence-corrected chi connectivity index (χ2v) is 9.71. The number of aliphatic hydroxyl groups excluding tert-OH is 1. The summed E-state index contributed by atoms with van der Waals surface area (Å²) in [4.78, 5) is 26.7. The number of carboxylic acids is 1. The van der Waals surface area contributed by atoms with Gasteiger partial charge in [0.1, 0.15) is 0 Å². The van der Waals surface area contributed by atoms with Crippen LogP contribution in [-0.4, -0.2) is 49.1 Å². The highest BCUT2D eigenvalue weighted by molar-refractivity contribution is 8.17. The average Bonchev–Trinajstić information content (AvgIpc) is 2.98. The fraction of sp³-hybridized carbons (Fsp3) is 0.350. The van der Waals surface area contributed by atoms with Gasteiger partial charge in [0.15, 0.2) is 25.0 Å². The number of carbonyl (C=O) groups excluding carboxylic acids is 1. The summed E-state index contributed by atoms with van der Waals surface area (Å²) in [5, 5.41) is 19.3. The molecule has 1 aromatic heterocycles. The van der Waals surface area contributed by atoms with Crippen molar-refractivity contribution < 1.29 is 24.4 Å². The van der Waals surface area contributed by atoms with Gasteiger partial charge in [-0.3, -0.25) is 4.79 Å². The fourth-order valence-electron chi connectivity index (χ4n) is 3.68. The Labute approximate surface area is 171 Å². The molecule has 0 saturated carbocycles. The molecule has 2 aliphatic rings. The lowest BCUT2D eigenvalue weighted by Crippen LogP contribution is -2.64. The first-order valence-electron chi connectivity index (χ1n) is 9.04. The van der Waals surface area contributed by atoms with Crippen LogP contribution in [0.15, 0.2) is 59.8 Å². The quantitative estimate of drug-likeness (QED) is 0.551. The van der Waals surface area contributed by atoms with Crippen molar-refractivity contribution in [2.24, 2.45) is 5.92 Å². The molecule has 2 aromatic rings. The molecule has 6 nitrogen and oxygen atoms in total. The molecule has 0 aliphatic carbocycles. The highest BCUT2D eigenvalue weighted by atomic mass is 32.2. The van der Waals surface area contributed by atoms with Gasteiger partial charge in [-0.2, -0.15) is 0 Å². The number of fused-ring (bicyclic) bond motifs is 1. The molecule has 0 radical (unpaired) electrons. The summed E-state index contributed by atoms with van der Waals surface area (Å²) in [5.74, 6) is -1.79. The minimum Gasteiger partial charge on any atom is -0.480 e. The summed E-state index contributed by atoms with van der Waals surface area (Å²) in [7, 11) is 0. The van der Waals surface area contributed by atoms with Gasteiger partial charge in [0, 0.05) is 22.6 Å². The molecule has 2 N–H and O–H groups in total. The van der Waals surface area contributed by atoms with Crippen LogP contribution < -0.4 is 4.57 Å². The second-order valence-electron chi connectivity index (χ2n) is 6.96. The monoisotopic (exact) mass is 417 g/mol. The fourth-order valence-corrected chi connectivity index (χ4v) is 7.18. The first-order valence-corrected chi connectivity index (χ1v) is 10.9. The van der Waals surface area contributed by atoms with E-state index in [1.807, 2.05) is 54.9 Å². The number of hydrogen-bond donors (Lipinski definition) is 2. The molecule has 146 valence electrons. The molecule has 0 bridgehead atoms. The van der Waals surface area contributed by atoms with Crippen LogP contribution in [0.2, 0.25) is 0 Å². The highest BCUT2D eigenvalue weighted by Gasteiger charge is 2.62. The van der Waals surface area contributed by atoms with Crippen LogP contribution in [0.3, 0.4) is 0 Å². The number of hydrogen-bond acceptors (Lipinski definition) is 5. The molecule has 2 unspecified atom stereocenters. The zero-order valence-corrected chi connectivity index (χ0v) is 16.8. The Hall–Kier alpha value is -2.03. The molecule has 2 saturated heterocycles. The molecule has 1 aromatic carbocycles. The van der Waals surface area contributed by atoms with Crippen molar-refractivity contribution in [1.29, 1.82) is 0 Å². The van der Waals surface area contributed by atoms with E-state index in [0.717, 1.165) is 10.5 Å². The van der Waals surface area contributed by atoms with Gasteiger partial charge in [0.25, 0.3) is 0 Å². The van der Waals surface area contributed by atoms with Crippen molar-refractivity contribution in [3.63, 3.8) is 0 Å². The minimum absolute atomic E-state index is 0.267. The minimum atomic E-state index is -1.00. The number of benzene rings is 1. The zero-order valence-electron chi connectivity index (χ0n) is 15.2. The number of nitrogens with zero attached hydrogens (tertiary/aromatic N) is 2. The maximum absolute atomic E-state index is 12.4. The Kier molecular flexibility index (Phi) is 5.35. The van der Waals surface area contributed by atoms with E-state index in [2.05, 4.69) is 4.57 Å². The largest absolute Gasteiger partial charge is 0.480 e. The van der Waals surface area contributed by atoms with Crippen LogP contribution in [0, 0.1) is 5.92 Å². The molecule has 1 amide bonds. The van der Waals surface area contributed by atoms with Crippen molar-refractivity contribution in [3.8, 4) is 0 Å². The molecule has 0 spiro atoms. The predicted octanol–water partition coefficient (Wildman–Crippen LogP) is 1.81. The summed E-state index contributed by atoms with van der Waals surface area (Å²) in [6, 6.07) is 13.0. The summed E-state index contributed by atoms with van der Waals surface area (Å²) in [5.41, 5.74) is 1.10. The lowest BCUT2D eigenvalue weighted by molar-refractivity contribution is -0.688. The number of thioether (sulfide) groups is 2. The smallest absolute Gasteiger partial charge is 0.328 e. The molecular weight excluding hydrogens is 396 g/mol. The number of carbonyl (C=O) groups is 2. The molecule has 8 heteroatoms. The van der Waals surface area contributed by atoms with Crippen LogP contribution in [0.5, 0.6) is 0 Å². The van der Waals surface area contributed by atoms with Crippen LogP contribution in [0.4, 0.5) is 0 Å². The topological polar surface area (TPSA) is 81.7 Å². The molecule has 28 heavy (non-hydrogen) atoms. The van der Waals surface area contributed by atoms with Gasteiger partial charge < -0.3 is 15.1 Å². The van der Waals surface area contributed by atoms with Gasteiger partial charge in [-0.25, -0.2) is 9.36 Å². The van der Waals surface area contributed by atoms with Crippen LogP contribution in [0.1, 0.15) is 12.5 Å². The van der Waals surface area contributed by atoms with E-state index in [-0.39, 0.29) is 15.9 Å². The Morgan fingerprint density at radius 1 is 1.25 bits per heavy atom. The van der Waals surface area contributed by atoms with E-state index in [1.165, 1.54) is 28.4 Å². The number of aromatic nitrogens is 1. The summed E-state index contributed by atoms with van der Waals surface area (Å²) >= 11 is 2.96. The number of aliphatic hydroxyl groups is 1.